The van der Waals surface area contributed by atoms with Crippen molar-refractivity contribution in [3.8, 4) is 0 Å². The summed E-state index contributed by atoms with van der Waals surface area (Å²) in [6, 6.07) is 0.166. The molecule has 1 amide bonds. The number of hydrogen-bond donors (Lipinski definition) is 1. The molecule has 7 heteroatoms. The number of amides is 1. The molecule has 3 atom stereocenters. The minimum atomic E-state index is -4.16. The largest absolute Gasteiger partial charge is 0.391 e. The van der Waals surface area contributed by atoms with Crippen molar-refractivity contribution in [2.24, 2.45) is 11.8 Å². The fraction of sp³-hybridized carbons (Fsp3) is 0.933. The Bertz CT molecular complexity index is 357. The molecule has 1 heterocycles. The van der Waals surface area contributed by atoms with E-state index in [0.717, 1.165) is 32.4 Å². The van der Waals surface area contributed by atoms with Crippen molar-refractivity contribution in [2.75, 3.05) is 20.1 Å². The Morgan fingerprint density at radius 2 is 1.82 bits per heavy atom. The standard InChI is InChI=1S/C15H25F3N2O.ClH/c1-20(13-6-3-8-19-9-7-13)14(21)11-4-2-5-12(10-11)15(16,17)18;/h11-13,19H,2-10H2,1H3;1H. The molecular weight excluding hydrogens is 317 g/mol. The normalized spacial score (nSPS) is 30.1. The molecule has 2 fully saturated rings. The summed E-state index contributed by atoms with van der Waals surface area (Å²) >= 11 is 0. The number of nitrogens with one attached hydrogen (secondary N) is 1. The zero-order valence-corrected chi connectivity index (χ0v) is 13.8. The van der Waals surface area contributed by atoms with Crippen molar-refractivity contribution < 1.29 is 18.0 Å². The van der Waals surface area contributed by atoms with E-state index >= 15 is 0 Å². The lowest BCUT2D eigenvalue weighted by atomic mass is 9.80. The van der Waals surface area contributed by atoms with Crippen LogP contribution in [0.25, 0.3) is 0 Å². The number of halogens is 4. The summed E-state index contributed by atoms with van der Waals surface area (Å²) in [6.07, 6.45) is -0.0897. The fourth-order valence-corrected chi connectivity index (χ4v) is 3.57. The molecule has 1 saturated carbocycles. The first kappa shape index (κ1) is 19.6. The Morgan fingerprint density at radius 1 is 1.09 bits per heavy atom. The van der Waals surface area contributed by atoms with Gasteiger partial charge in [0.05, 0.1) is 5.92 Å². The minimum absolute atomic E-state index is 0. The van der Waals surface area contributed by atoms with Crippen LogP contribution in [0, 0.1) is 11.8 Å². The Balaban J connectivity index is 0.00000242. The van der Waals surface area contributed by atoms with Crippen LogP contribution >= 0.6 is 12.4 Å². The van der Waals surface area contributed by atoms with Crippen LogP contribution in [0.3, 0.4) is 0 Å². The third kappa shape index (κ3) is 5.01. The van der Waals surface area contributed by atoms with Gasteiger partial charge in [0.15, 0.2) is 0 Å². The molecule has 2 aliphatic rings. The third-order valence-corrected chi connectivity index (χ3v) is 4.93. The average molecular weight is 343 g/mol. The zero-order valence-electron chi connectivity index (χ0n) is 13.0. The van der Waals surface area contributed by atoms with E-state index < -0.39 is 18.0 Å². The number of carbonyl (C=O) groups excluding carboxylic acids is 1. The second kappa shape index (κ2) is 8.39. The van der Waals surface area contributed by atoms with Crippen LogP contribution in [0.1, 0.15) is 44.9 Å². The number of hydrogen-bond acceptors (Lipinski definition) is 2. The lowest BCUT2D eigenvalue weighted by Crippen LogP contribution is -2.43. The summed E-state index contributed by atoms with van der Waals surface area (Å²) in [4.78, 5) is 14.2. The summed E-state index contributed by atoms with van der Waals surface area (Å²) in [5.74, 6) is -1.84. The number of rotatable bonds is 2. The van der Waals surface area contributed by atoms with E-state index in [9.17, 15) is 18.0 Å². The number of alkyl halides is 3. The minimum Gasteiger partial charge on any atom is -0.342 e. The van der Waals surface area contributed by atoms with Gasteiger partial charge >= 0.3 is 6.18 Å². The van der Waals surface area contributed by atoms with Crippen LogP contribution in [0.15, 0.2) is 0 Å². The first-order valence-electron chi connectivity index (χ1n) is 7.93. The van der Waals surface area contributed by atoms with Gasteiger partial charge in [-0.05, 0) is 51.6 Å². The van der Waals surface area contributed by atoms with Gasteiger partial charge in [0.25, 0.3) is 0 Å². The van der Waals surface area contributed by atoms with Gasteiger partial charge in [-0.3, -0.25) is 4.79 Å². The van der Waals surface area contributed by atoms with Crippen LogP contribution in [-0.4, -0.2) is 43.2 Å². The van der Waals surface area contributed by atoms with Crippen molar-refractivity contribution in [1.82, 2.24) is 10.2 Å². The van der Waals surface area contributed by atoms with E-state index in [1.54, 1.807) is 11.9 Å². The Kier molecular flexibility index (Phi) is 7.46. The van der Waals surface area contributed by atoms with E-state index in [0.29, 0.717) is 12.8 Å². The highest BCUT2D eigenvalue weighted by Crippen LogP contribution is 2.40. The predicted octanol–water partition coefficient (Wildman–Crippen LogP) is 3.38. The van der Waals surface area contributed by atoms with Gasteiger partial charge in [-0.15, -0.1) is 12.4 Å². The summed E-state index contributed by atoms with van der Waals surface area (Å²) in [6.45, 7) is 1.83. The summed E-state index contributed by atoms with van der Waals surface area (Å²) in [7, 11) is 1.76. The van der Waals surface area contributed by atoms with E-state index in [-0.39, 0.29) is 37.2 Å². The van der Waals surface area contributed by atoms with Gasteiger partial charge in [0.2, 0.25) is 5.91 Å². The molecule has 1 saturated heterocycles. The second-order valence-electron chi connectivity index (χ2n) is 6.39. The molecule has 0 bridgehead atoms. The van der Waals surface area contributed by atoms with Crippen molar-refractivity contribution >= 4 is 18.3 Å². The molecule has 0 aromatic heterocycles. The summed E-state index contributed by atoms with van der Waals surface area (Å²) in [5, 5.41) is 3.29. The molecule has 0 aromatic rings. The van der Waals surface area contributed by atoms with E-state index in [4.69, 9.17) is 0 Å². The molecule has 0 aromatic carbocycles. The maximum absolute atomic E-state index is 12.9. The molecule has 1 aliphatic carbocycles. The zero-order chi connectivity index (χ0) is 15.5. The fourth-order valence-electron chi connectivity index (χ4n) is 3.57. The van der Waals surface area contributed by atoms with Crippen LogP contribution in [0.4, 0.5) is 13.2 Å². The Morgan fingerprint density at radius 3 is 2.50 bits per heavy atom. The molecule has 130 valence electrons. The molecule has 0 radical (unpaired) electrons. The van der Waals surface area contributed by atoms with Crippen molar-refractivity contribution in [3.63, 3.8) is 0 Å². The monoisotopic (exact) mass is 342 g/mol. The molecule has 3 unspecified atom stereocenters. The number of nitrogens with zero attached hydrogens (tertiary/aromatic N) is 1. The van der Waals surface area contributed by atoms with Crippen LogP contribution in [0.5, 0.6) is 0 Å². The molecular formula is C15H26ClF3N2O. The second-order valence-corrected chi connectivity index (χ2v) is 6.39. The molecule has 2 rings (SSSR count). The van der Waals surface area contributed by atoms with Gasteiger partial charge < -0.3 is 10.2 Å². The first-order chi connectivity index (χ1) is 9.89. The molecule has 1 aliphatic heterocycles. The predicted molar refractivity (Wildman–Crippen MR) is 82.0 cm³/mol. The highest BCUT2D eigenvalue weighted by Gasteiger charge is 2.44. The van der Waals surface area contributed by atoms with Crippen LogP contribution in [-0.2, 0) is 4.79 Å². The third-order valence-electron chi connectivity index (χ3n) is 4.93. The Labute approximate surface area is 136 Å². The average Bonchev–Trinajstić information content (AvgIpc) is 2.74. The topological polar surface area (TPSA) is 32.3 Å². The van der Waals surface area contributed by atoms with Gasteiger partial charge in [-0.25, -0.2) is 0 Å². The van der Waals surface area contributed by atoms with E-state index in [1.807, 2.05) is 0 Å². The Hall–Kier alpha value is -0.490. The van der Waals surface area contributed by atoms with Crippen LogP contribution < -0.4 is 5.32 Å². The quantitative estimate of drug-likeness (QED) is 0.834. The van der Waals surface area contributed by atoms with Gasteiger partial charge in [0.1, 0.15) is 0 Å². The summed E-state index contributed by atoms with van der Waals surface area (Å²) in [5.41, 5.74) is 0. The van der Waals surface area contributed by atoms with E-state index in [1.165, 1.54) is 0 Å². The van der Waals surface area contributed by atoms with Crippen LogP contribution in [0.2, 0.25) is 0 Å². The van der Waals surface area contributed by atoms with Crippen molar-refractivity contribution in [3.05, 3.63) is 0 Å². The van der Waals surface area contributed by atoms with Crippen molar-refractivity contribution in [1.29, 1.82) is 0 Å². The summed E-state index contributed by atoms with van der Waals surface area (Å²) < 4.78 is 38.6. The number of carbonyl (C=O) groups is 1. The lowest BCUT2D eigenvalue weighted by molar-refractivity contribution is -0.187. The van der Waals surface area contributed by atoms with E-state index in [2.05, 4.69) is 5.32 Å². The highest BCUT2D eigenvalue weighted by molar-refractivity contribution is 5.85. The first-order valence-corrected chi connectivity index (χ1v) is 7.93. The lowest BCUT2D eigenvalue weighted by Gasteiger charge is -2.35. The molecule has 22 heavy (non-hydrogen) atoms. The maximum atomic E-state index is 12.9. The molecule has 1 N–H and O–H groups in total. The van der Waals surface area contributed by atoms with Crippen molar-refractivity contribution in [2.45, 2.75) is 57.2 Å². The SMILES string of the molecule is CN(C(=O)C1CCCC(C(F)(F)F)C1)C1CCCNCC1.Cl. The molecule has 3 nitrogen and oxygen atoms in total. The molecule has 0 spiro atoms. The van der Waals surface area contributed by atoms with Gasteiger partial charge in [0, 0.05) is 19.0 Å². The van der Waals surface area contributed by atoms with Gasteiger partial charge in [-0.1, -0.05) is 6.42 Å². The smallest absolute Gasteiger partial charge is 0.342 e. The highest BCUT2D eigenvalue weighted by atomic mass is 35.5. The maximum Gasteiger partial charge on any atom is 0.391 e. The van der Waals surface area contributed by atoms with Gasteiger partial charge in [-0.2, -0.15) is 13.2 Å².